The summed E-state index contributed by atoms with van der Waals surface area (Å²) in [6, 6.07) is 7.59. The maximum Gasteiger partial charge on any atom is 0.145 e. The molecule has 0 saturated heterocycles. The normalized spacial score (nSPS) is 12.6. The quantitative estimate of drug-likeness (QED) is 0.846. The number of hydrogen-bond donors (Lipinski definition) is 2. The van der Waals surface area contributed by atoms with Crippen molar-refractivity contribution >= 4 is 10.9 Å². The van der Waals surface area contributed by atoms with Gasteiger partial charge in [-0.05, 0) is 31.7 Å². The van der Waals surface area contributed by atoms with Gasteiger partial charge in [0.05, 0.1) is 12.7 Å². The molecule has 1 unspecified atom stereocenters. The van der Waals surface area contributed by atoms with Gasteiger partial charge >= 0.3 is 0 Å². The van der Waals surface area contributed by atoms with Crippen molar-refractivity contribution in [2.24, 2.45) is 0 Å². The highest BCUT2D eigenvalue weighted by Gasteiger charge is 2.13. The number of likely N-dealkylation sites (N-methyl/N-ethyl adjacent to an activating group) is 1. The van der Waals surface area contributed by atoms with Gasteiger partial charge in [0, 0.05) is 18.1 Å². The topological polar surface area (TPSA) is 54.4 Å². The van der Waals surface area contributed by atoms with Crippen LogP contribution in [0.15, 0.2) is 30.5 Å². The molecule has 0 amide bonds. The average Bonchev–Trinajstić information content (AvgIpc) is 2.39. The van der Waals surface area contributed by atoms with Crippen LogP contribution in [0.5, 0.6) is 5.75 Å². The van der Waals surface area contributed by atoms with Crippen molar-refractivity contribution in [1.82, 2.24) is 10.3 Å². The first-order valence-electron chi connectivity index (χ1n) is 6.11. The third kappa shape index (κ3) is 2.44. The first-order chi connectivity index (χ1) is 8.77. The number of aliphatic hydroxyl groups is 1. The number of hydrogen-bond acceptors (Lipinski definition) is 4. The van der Waals surface area contributed by atoms with Crippen LogP contribution in [0.4, 0.5) is 0 Å². The average molecular weight is 246 g/mol. The van der Waals surface area contributed by atoms with E-state index in [-0.39, 0.29) is 0 Å². The summed E-state index contributed by atoms with van der Waals surface area (Å²) in [5.74, 6) is 0.758. The molecule has 1 heterocycles. The molecule has 96 valence electrons. The van der Waals surface area contributed by atoms with E-state index in [1.807, 2.05) is 38.2 Å². The minimum absolute atomic E-state index is 0.512. The van der Waals surface area contributed by atoms with Gasteiger partial charge in [-0.15, -0.1) is 0 Å². The Labute approximate surface area is 107 Å². The highest BCUT2D eigenvalue weighted by atomic mass is 16.5. The standard InChI is InChI=1S/C14H18N2O2/c1-3-18-13-7-6-10(12(17)9-15-2)11-5-4-8-16-14(11)13/h4-8,12,15,17H,3,9H2,1-2H3. The number of nitrogens with zero attached hydrogens (tertiary/aromatic N) is 1. The molecule has 0 saturated carbocycles. The molecule has 0 aliphatic carbocycles. The maximum atomic E-state index is 10.1. The van der Waals surface area contributed by atoms with E-state index in [0.29, 0.717) is 13.2 Å². The summed E-state index contributed by atoms with van der Waals surface area (Å²) in [6.45, 7) is 3.06. The minimum Gasteiger partial charge on any atom is -0.492 e. The molecular formula is C14H18N2O2. The molecule has 1 atom stereocenters. The van der Waals surface area contributed by atoms with Crippen LogP contribution in [0, 0.1) is 0 Å². The highest BCUT2D eigenvalue weighted by molar-refractivity contribution is 5.87. The molecule has 2 rings (SSSR count). The second-order valence-corrected chi connectivity index (χ2v) is 4.06. The Morgan fingerprint density at radius 1 is 1.39 bits per heavy atom. The number of nitrogens with one attached hydrogen (secondary N) is 1. The summed E-state index contributed by atoms with van der Waals surface area (Å²) in [5.41, 5.74) is 1.67. The van der Waals surface area contributed by atoms with Crippen molar-refractivity contribution in [2.45, 2.75) is 13.0 Å². The Morgan fingerprint density at radius 2 is 2.22 bits per heavy atom. The lowest BCUT2D eigenvalue weighted by Crippen LogP contribution is -2.17. The molecule has 0 spiro atoms. The van der Waals surface area contributed by atoms with Crippen LogP contribution in [0.3, 0.4) is 0 Å². The van der Waals surface area contributed by atoms with E-state index in [1.54, 1.807) is 6.20 Å². The second-order valence-electron chi connectivity index (χ2n) is 4.06. The molecule has 1 aromatic carbocycles. The Morgan fingerprint density at radius 3 is 2.94 bits per heavy atom. The lowest BCUT2D eigenvalue weighted by Gasteiger charge is -2.15. The zero-order valence-corrected chi connectivity index (χ0v) is 10.7. The number of aliphatic hydroxyl groups excluding tert-OH is 1. The minimum atomic E-state index is -0.544. The van der Waals surface area contributed by atoms with Crippen LogP contribution < -0.4 is 10.1 Å². The molecule has 0 bridgehead atoms. The van der Waals surface area contributed by atoms with Gasteiger partial charge < -0.3 is 15.2 Å². The predicted molar refractivity (Wildman–Crippen MR) is 71.8 cm³/mol. The van der Waals surface area contributed by atoms with Crippen LogP contribution >= 0.6 is 0 Å². The van der Waals surface area contributed by atoms with Gasteiger partial charge in [0.1, 0.15) is 11.3 Å². The van der Waals surface area contributed by atoms with E-state index in [0.717, 1.165) is 22.2 Å². The smallest absolute Gasteiger partial charge is 0.145 e. The molecule has 1 aromatic heterocycles. The Bertz CT molecular complexity index is 528. The molecule has 4 heteroatoms. The molecule has 4 nitrogen and oxygen atoms in total. The molecule has 18 heavy (non-hydrogen) atoms. The molecule has 0 aliphatic rings. The lowest BCUT2D eigenvalue weighted by molar-refractivity contribution is 0.179. The van der Waals surface area contributed by atoms with E-state index in [1.165, 1.54) is 0 Å². The van der Waals surface area contributed by atoms with Crippen LogP contribution in [0.2, 0.25) is 0 Å². The summed E-state index contributed by atoms with van der Waals surface area (Å²) in [7, 11) is 1.82. The lowest BCUT2D eigenvalue weighted by atomic mass is 10.0. The number of pyridine rings is 1. The summed E-state index contributed by atoms with van der Waals surface area (Å²) in [5, 5.41) is 14.0. The van der Waals surface area contributed by atoms with Gasteiger partial charge in [-0.1, -0.05) is 12.1 Å². The summed E-state index contributed by atoms with van der Waals surface area (Å²) >= 11 is 0. The zero-order valence-electron chi connectivity index (χ0n) is 10.7. The van der Waals surface area contributed by atoms with E-state index in [2.05, 4.69) is 10.3 Å². The van der Waals surface area contributed by atoms with Crippen molar-refractivity contribution in [3.8, 4) is 5.75 Å². The van der Waals surface area contributed by atoms with E-state index >= 15 is 0 Å². The molecule has 0 radical (unpaired) electrons. The van der Waals surface area contributed by atoms with Gasteiger partial charge in [0.2, 0.25) is 0 Å². The molecule has 0 fully saturated rings. The van der Waals surface area contributed by atoms with Gasteiger partial charge in [-0.2, -0.15) is 0 Å². The van der Waals surface area contributed by atoms with Crippen LogP contribution in [-0.4, -0.2) is 30.3 Å². The van der Waals surface area contributed by atoms with Crippen molar-refractivity contribution in [2.75, 3.05) is 20.2 Å². The van der Waals surface area contributed by atoms with E-state index < -0.39 is 6.10 Å². The third-order valence-electron chi connectivity index (χ3n) is 2.82. The Balaban J connectivity index is 2.53. The summed E-state index contributed by atoms with van der Waals surface area (Å²) in [6.07, 6.45) is 1.19. The molecular weight excluding hydrogens is 228 g/mol. The van der Waals surface area contributed by atoms with Crippen LogP contribution in [0.1, 0.15) is 18.6 Å². The van der Waals surface area contributed by atoms with Crippen molar-refractivity contribution in [3.05, 3.63) is 36.0 Å². The van der Waals surface area contributed by atoms with Crippen LogP contribution in [-0.2, 0) is 0 Å². The van der Waals surface area contributed by atoms with Crippen molar-refractivity contribution in [1.29, 1.82) is 0 Å². The molecule has 2 aromatic rings. The van der Waals surface area contributed by atoms with Gasteiger partial charge in [-0.25, -0.2) is 0 Å². The SMILES string of the molecule is CCOc1ccc(C(O)CNC)c2cccnc12. The Kier molecular flexibility index (Phi) is 4.12. The molecule has 2 N–H and O–H groups in total. The zero-order chi connectivity index (χ0) is 13.0. The van der Waals surface area contributed by atoms with Crippen molar-refractivity contribution < 1.29 is 9.84 Å². The second kappa shape index (κ2) is 5.80. The molecule has 0 aliphatic heterocycles. The third-order valence-corrected chi connectivity index (χ3v) is 2.82. The fraction of sp³-hybridized carbons (Fsp3) is 0.357. The largest absolute Gasteiger partial charge is 0.492 e. The number of ether oxygens (including phenoxy) is 1. The van der Waals surface area contributed by atoms with Crippen LogP contribution in [0.25, 0.3) is 10.9 Å². The Hall–Kier alpha value is -1.65. The highest BCUT2D eigenvalue weighted by Crippen LogP contribution is 2.29. The number of aromatic nitrogens is 1. The number of rotatable bonds is 5. The van der Waals surface area contributed by atoms with E-state index in [4.69, 9.17) is 4.74 Å². The number of fused-ring (bicyclic) bond motifs is 1. The first-order valence-corrected chi connectivity index (χ1v) is 6.11. The fourth-order valence-electron chi connectivity index (χ4n) is 2.03. The van der Waals surface area contributed by atoms with Gasteiger partial charge in [0.25, 0.3) is 0 Å². The fourth-order valence-corrected chi connectivity index (χ4v) is 2.03. The van der Waals surface area contributed by atoms with Gasteiger partial charge in [0.15, 0.2) is 0 Å². The van der Waals surface area contributed by atoms with E-state index in [9.17, 15) is 5.11 Å². The predicted octanol–water partition coefficient (Wildman–Crippen LogP) is 1.89. The van der Waals surface area contributed by atoms with Gasteiger partial charge in [-0.3, -0.25) is 4.98 Å². The monoisotopic (exact) mass is 246 g/mol. The summed E-state index contributed by atoms with van der Waals surface area (Å²) < 4.78 is 5.55. The number of benzene rings is 1. The summed E-state index contributed by atoms with van der Waals surface area (Å²) in [4.78, 5) is 4.35. The first kappa shape index (κ1) is 12.8. The maximum absolute atomic E-state index is 10.1. The van der Waals surface area contributed by atoms with Crippen molar-refractivity contribution in [3.63, 3.8) is 0 Å².